The highest BCUT2D eigenvalue weighted by Gasteiger charge is 2.19. The molecule has 0 heterocycles. The van der Waals surface area contributed by atoms with Crippen molar-refractivity contribution in [1.82, 2.24) is 5.43 Å². The minimum atomic E-state index is -4.01. The number of nitrogens with zero attached hydrogens (tertiary/aromatic N) is 1. The predicted molar refractivity (Wildman–Crippen MR) is 121 cm³/mol. The molecule has 0 saturated heterocycles. The number of carbonyl (C=O) groups excluding carboxylic acids is 1. The van der Waals surface area contributed by atoms with Crippen molar-refractivity contribution < 1.29 is 22.1 Å². The van der Waals surface area contributed by atoms with Crippen molar-refractivity contribution in [2.24, 2.45) is 5.10 Å². The number of amides is 1. The standard InChI is InChI=1S/C22H19BrN2O5S/c1-15-6-9-19(10-7-15)31(27,28)30-20-11-8-16(12-21(20)29-2)14-24-25-22(26)17-4-3-5-18(23)13-17/h3-14H,1-2H3,(H,25,26)/b24-14-. The van der Waals surface area contributed by atoms with Crippen molar-refractivity contribution >= 4 is 38.2 Å². The van der Waals surface area contributed by atoms with Gasteiger partial charge in [0.1, 0.15) is 4.90 Å². The summed E-state index contributed by atoms with van der Waals surface area (Å²) < 4.78 is 36.3. The Kier molecular flexibility index (Phi) is 7.09. The molecule has 31 heavy (non-hydrogen) atoms. The number of hydrazone groups is 1. The molecular formula is C22H19BrN2O5S. The maximum absolute atomic E-state index is 12.5. The quantitative estimate of drug-likeness (QED) is 0.295. The summed E-state index contributed by atoms with van der Waals surface area (Å²) in [5, 5.41) is 3.93. The highest BCUT2D eigenvalue weighted by Crippen LogP contribution is 2.30. The first kappa shape index (κ1) is 22.5. The number of hydrogen-bond donors (Lipinski definition) is 1. The molecule has 0 aliphatic rings. The topological polar surface area (TPSA) is 94.1 Å². The number of halogens is 1. The number of nitrogens with one attached hydrogen (secondary N) is 1. The van der Waals surface area contributed by atoms with Crippen LogP contribution in [0, 0.1) is 6.92 Å². The fourth-order valence-corrected chi connectivity index (χ4v) is 3.90. The van der Waals surface area contributed by atoms with Gasteiger partial charge in [0.2, 0.25) is 0 Å². The molecule has 0 spiro atoms. The molecule has 1 amide bonds. The summed E-state index contributed by atoms with van der Waals surface area (Å²) in [6.45, 7) is 1.86. The third kappa shape index (κ3) is 5.93. The van der Waals surface area contributed by atoms with E-state index in [4.69, 9.17) is 8.92 Å². The van der Waals surface area contributed by atoms with Gasteiger partial charge in [-0.05, 0) is 61.0 Å². The Labute approximate surface area is 189 Å². The zero-order valence-corrected chi connectivity index (χ0v) is 19.1. The molecule has 0 aliphatic heterocycles. The van der Waals surface area contributed by atoms with E-state index in [0.717, 1.165) is 10.0 Å². The highest BCUT2D eigenvalue weighted by molar-refractivity contribution is 9.10. The van der Waals surface area contributed by atoms with E-state index in [2.05, 4.69) is 26.5 Å². The normalized spacial score (nSPS) is 11.3. The molecule has 1 N–H and O–H groups in total. The summed E-state index contributed by atoms with van der Waals surface area (Å²) in [7, 11) is -2.61. The van der Waals surface area contributed by atoms with Gasteiger partial charge >= 0.3 is 10.1 Å². The third-order valence-electron chi connectivity index (χ3n) is 4.16. The lowest BCUT2D eigenvalue weighted by molar-refractivity contribution is 0.0955. The molecular weight excluding hydrogens is 484 g/mol. The van der Waals surface area contributed by atoms with Crippen molar-refractivity contribution in [1.29, 1.82) is 0 Å². The molecule has 0 atom stereocenters. The summed E-state index contributed by atoms with van der Waals surface area (Å²) in [5.74, 6) is -0.120. The lowest BCUT2D eigenvalue weighted by Crippen LogP contribution is -2.17. The third-order valence-corrected chi connectivity index (χ3v) is 5.91. The van der Waals surface area contributed by atoms with Crippen LogP contribution in [-0.4, -0.2) is 27.6 Å². The molecule has 7 nitrogen and oxygen atoms in total. The zero-order valence-electron chi connectivity index (χ0n) is 16.7. The molecule has 0 saturated carbocycles. The summed E-state index contributed by atoms with van der Waals surface area (Å²) in [5.41, 5.74) is 4.40. The maximum Gasteiger partial charge on any atom is 0.339 e. The lowest BCUT2D eigenvalue weighted by Gasteiger charge is -2.11. The smallest absolute Gasteiger partial charge is 0.339 e. The largest absolute Gasteiger partial charge is 0.493 e. The second kappa shape index (κ2) is 9.76. The minimum Gasteiger partial charge on any atom is -0.493 e. The molecule has 3 aromatic carbocycles. The Hall–Kier alpha value is -3.17. The first-order chi connectivity index (χ1) is 14.8. The van der Waals surface area contributed by atoms with E-state index in [1.54, 1.807) is 42.5 Å². The molecule has 0 aromatic heterocycles. The second-order valence-electron chi connectivity index (χ2n) is 6.47. The number of benzene rings is 3. The predicted octanol–water partition coefficient (Wildman–Crippen LogP) is 4.30. The van der Waals surface area contributed by atoms with Crippen LogP contribution in [0.1, 0.15) is 21.5 Å². The van der Waals surface area contributed by atoms with Gasteiger partial charge in [-0.2, -0.15) is 13.5 Å². The van der Waals surface area contributed by atoms with Crippen LogP contribution in [0.5, 0.6) is 11.5 Å². The van der Waals surface area contributed by atoms with Gasteiger partial charge in [0.25, 0.3) is 5.91 Å². The van der Waals surface area contributed by atoms with Crippen LogP contribution in [-0.2, 0) is 10.1 Å². The van der Waals surface area contributed by atoms with Crippen molar-refractivity contribution in [3.63, 3.8) is 0 Å². The number of carbonyl (C=O) groups is 1. The fourth-order valence-electron chi connectivity index (χ4n) is 2.56. The van der Waals surface area contributed by atoms with Gasteiger partial charge in [0.05, 0.1) is 13.3 Å². The monoisotopic (exact) mass is 502 g/mol. The van der Waals surface area contributed by atoms with E-state index in [1.807, 2.05) is 13.0 Å². The first-order valence-corrected chi connectivity index (χ1v) is 11.3. The van der Waals surface area contributed by atoms with Gasteiger partial charge in [0, 0.05) is 10.0 Å². The first-order valence-electron chi connectivity index (χ1n) is 9.06. The highest BCUT2D eigenvalue weighted by atomic mass is 79.9. The van der Waals surface area contributed by atoms with Crippen LogP contribution in [0.15, 0.2) is 81.2 Å². The van der Waals surface area contributed by atoms with Gasteiger partial charge in [-0.15, -0.1) is 0 Å². The summed E-state index contributed by atoms with van der Waals surface area (Å²) in [4.78, 5) is 12.2. The Morgan fingerprint density at radius 1 is 1.03 bits per heavy atom. The van der Waals surface area contributed by atoms with Gasteiger partial charge in [-0.25, -0.2) is 5.43 Å². The van der Waals surface area contributed by atoms with Crippen molar-refractivity contribution in [3.8, 4) is 11.5 Å². The van der Waals surface area contributed by atoms with Gasteiger partial charge in [-0.3, -0.25) is 4.79 Å². The van der Waals surface area contributed by atoms with E-state index in [1.165, 1.54) is 31.5 Å². The number of aryl methyl sites for hydroxylation is 1. The van der Waals surface area contributed by atoms with Gasteiger partial charge in [-0.1, -0.05) is 39.7 Å². The van der Waals surface area contributed by atoms with Crippen molar-refractivity contribution in [3.05, 3.63) is 87.9 Å². The van der Waals surface area contributed by atoms with Crippen molar-refractivity contribution in [2.45, 2.75) is 11.8 Å². The number of methoxy groups -OCH3 is 1. The minimum absolute atomic E-state index is 0.0402. The average molecular weight is 503 g/mol. The molecule has 160 valence electrons. The van der Waals surface area contributed by atoms with E-state index >= 15 is 0 Å². The zero-order chi connectivity index (χ0) is 22.4. The molecule has 9 heteroatoms. The van der Waals surface area contributed by atoms with Crippen LogP contribution in [0.3, 0.4) is 0 Å². The average Bonchev–Trinajstić information content (AvgIpc) is 2.74. The molecule has 3 rings (SSSR count). The molecule has 0 aliphatic carbocycles. The number of rotatable bonds is 7. The fraction of sp³-hybridized carbons (Fsp3) is 0.0909. The van der Waals surface area contributed by atoms with Crippen LogP contribution in [0.25, 0.3) is 0 Å². The Balaban J connectivity index is 1.73. The molecule has 3 aromatic rings. The summed E-state index contributed by atoms with van der Waals surface area (Å²) >= 11 is 3.31. The maximum atomic E-state index is 12.5. The lowest BCUT2D eigenvalue weighted by atomic mass is 10.2. The molecule has 0 unspecified atom stereocenters. The Bertz CT molecular complexity index is 1220. The molecule has 0 radical (unpaired) electrons. The van der Waals surface area contributed by atoms with Crippen molar-refractivity contribution in [2.75, 3.05) is 7.11 Å². The summed E-state index contributed by atoms with van der Waals surface area (Å²) in [6, 6.07) is 17.8. The Morgan fingerprint density at radius 2 is 1.77 bits per heavy atom. The SMILES string of the molecule is COc1cc(/C=N\NC(=O)c2cccc(Br)c2)ccc1OS(=O)(=O)c1ccc(C)cc1. The van der Waals surface area contributed by atoms with E-state index in [-0.39, 0.29) is 22.3 Å². The van der Waals surface area contributed by atoms with Crippen LogP contribution in [0.4, 0.5) is 0 Å². The van der Waals surface area contributed by atoms with E-state index < -0.39 is 10.1 Å². The van der Waals surface area contributed by atoms with Gasteiger partial charge in [0.15, 0.2) is 11.5 Å². The van der Waals surface area contributed by atoms with Gasteiger partial charge < -0.3 is 8.92 Å². The number of ether oxygens (including phenoxy) is 1. The summed E-state index contributed by atoms with van der Waals surface area (Å²) in [6.07, 6.45) is 1.41. The van der Waals surface area contributed by atoms with E-state index in [9.17, 15) is 13.2 Å². The number of hydrogen-bond acceptors (Lipinski definition) is 6. The van der Waals surface area contributed by atoms with Crippen LogP contribution in [0.2, 0.25) is 0 Å². The second-order valence-corrected chi connectivity index (χ2v) is 8.93. The molecule has 0 fully saturated rings. The van der Waals surface area contributed by atoms with E-state index in [0.29, 0.717) is 11.1 Å². The molecule has 0 bridgehead atoms. The Morgan fingerprint density at radius 3 is 2.45 bits per heavy atom. The van der Waals surface area contributed by atoms with Crippen LogP contribution < -0.4 is 14.3 Å². The van der Waals surface area contributed by atoms with Crippen LogP contribution >= 0.6 is 15.9 Å².